The summed E-state index contributed by atoms with van der Waals surface area (Å²) in [7, 11) is 0. The minimum atomic E-state index is -0.258. The SMILES string of the molecule is CCC(=NNC(=O)c1ccccc1)c1ccc(Cl)cc1Cl. The number of nitrogens with zero attached hydrogens (tertiary/aromatic N) is 1. The largest absolute Gasteiger partial charge is 0.271 e. The second kappa shape index (κ2) is 7.25. The maximum absolute atomic E-state index is 12.0. The van der Waals surface area contributed by atoms with E-state index in [1.807, 2.05) is 13.0 Å². The third-order valence-electron chi connectivity index (χ3n) is 2.91. The highest BCUT2D eigenvalue weighted by Gasteiger charge is 2.09. The molecule has 0 unspecified atom stereocenters. The predicted octanol–water partition coefficient (Wildman–Crippen LogP) is 4.54. The van der Waals surface area contributed by atoms with Gasteiger partial charge >= 0.3 is 0 Å². The Hall–Kier alpha value is -1.84. The Kier molecular flexibility index (Phi) is 5.37. The molecular formula is C16H14Cl2N2O. The van der Waals surface area contributed by atoms with Gasteiger partial charge in [-0.1, -0.05) is 54.4 Å². The molecule has 2 aromatic carbocycles. The average molecular weight is 321 g/mol. The molecule has 0 radical (unpaired) electrons. The summed E-state index contributed by atoms with van der Waals surface area (Å²) in [6, 6.07) is 14.1. The molecule has 1 amide bonds. The second-order valence-corrected chi connectivity index (χ2v) is 5.19. The molecule has 0 aliphatic carbocycles. The van der Waals surface area contributed by atoms with E-state index < -0.39 is 0 Å². The Balaban J connectivity index is 2.19. The molecule has 2 aromatic rings. The zero-order valence-electron chi connectivity index (χ0n) is 11.4. The van der Waals surface area contributed by atoms with Crippen molar-refractivity contribution in [3.63, 3.8) is 0 Å². The first-order valence-corrected chi connectivity index (χ1v) is 7.24. The smallest absolute Gasteiger partial charge is 0.267 e. The Morgan fingerprint density at radius 2 is 1.86 bits per heavy atom. The normalized spacial score (nSPS) is 11.3. The van der Waals surface area contributed by atoms with Crippen molar-refractivity contribution in [2.75, 3.05) is 0 Å². The molecule has 0 aliphatic heterocycles. The van der Waals surface area contributed by atoms with Crippen LogP contribution in [0.3, 0.4) is 0 Å². The summed E-state index contributed by atoms with van der Waals surface area (Å²) in [6.45, 7) is 1.94. The highest BCUT2D eigenvalue weighted by molar-refractivity contribution is 6.37. The first-order valence-electron chi connectivity index (χ1n) is 6.49. The summed E-state index contributed by atoms with van der Waals surface area (Å²) in [6.07, 6.45) is 0.635. The van der Waals surface area contributed by atoms with E-state index in [0.717, 1.165) is 5.56 Å². The predicted molar refractivity (Wildman–Crippen MR) is 87.2 cm³/mol. The van der Waals surface area contributed by atoms with Crippen molar-refractivity contribution in [3.8, 4) is 0 Å². The molecule has 21 heavy (non-hydrogen) atoms. The number of carbonyl (C=O) groups excluding carboxylic acids is 1. The number of hydrogen-bond donors (Lipinski definition) is 1. The molecule has 0 aromatic heterocycles. The van der Waals surface area contributed by atoms with Gasteiger partial charge < -0.3 is 0 Å². The van der Waals surface area contributed by atoms with Gasteiger partial charge in [-0.15, -0.1) is 0 Å². The van der Waals surface area contributed by atoms with E-state index in [2.05, 4.69) is 10.5 Å². The molecular weight excluding hydrogens is 307 g/mol. The van der Waals surface area contributed by atoms with Crippen molar-refractivity contribution >= 4 is 34.8 Å². The van der Waals surface area contributed by atoms with E-state index in [1.165, 1.54) is 0 Å². The molecule has 0 fully saturated rings. The number of hydrogen-bond acceptors (Lipinski definition) is 2. The molecule has 0 saturated carbocycles. The molecule has 0 atom stereocenters. The summed E-state index contributed by atoms with van der Waals surface area (Å²) in [5.74, 6) is -0.258. The molecule has 0 aliphatic rings. The zero-order valence-corrected chi connectivity index (χ0v) is 12.9. The summed E-state index contributed by atoms with van der Waals surface area (Å²) < 4.78 is 0. The third-order valence-corrected chi connectivity index (χ3v) is 3.45. The number of carbonyl (C=O) groups is 1. The van der Waals surface area contributed by atoms with Crippen LogP contribution in [-0.2, 0) is 0 Å². The lowest BCUT2D eigenvalue weighted by Crippen LogP contribution is -2.20. The highest BCUT2D eigenvalue weighted by atomic mass is 35.5. The van der Waals surface area contributed by atoms with Crippen LogP contribution in [0.2, 0.25) is 10.0 Å². The molecule has 0 spiro atoms. The molecule has 3 nitrogen and oxygen atoms in total. The molecule has 0 saturated heterocycles. The molecule has 108 valence electrons. The fourth-order valence-electron chi connectivity index (χ4n) is 1.83. The van der Waals surface area contributed by atoms with Gasteiger partial charge in [0, 0.05) is 16.1 Å². The van der Waals surface area contributed by atoms with Crippen molar-refractivity contribution in [2.24, 2.45) is 5.10 Å². The topological polar surface area (TPSA) is 41.5 Å². The lowest BCUT2D eigenvalue weighted by atomic mass is 10.1. The van der Waals surface area contributed by atoms with Gasteiger partial charge in [-0.25, -0.2) is 5.43 Å². The van der Waals surface area contributed by atoms with Crippen molar-refractivity contribution in [1.29, 1.82) is 0 Å². The summed E-state index contributed by atoms with van der Waals surface area (Å²) in [5, 5.41) is 5.24. The van der Waals surface area contributed by atoms with Crippen LogP contribution in [0.15, 0.2) is 53.6 Å². The van der Waals surface area contributed by atoms with Crippen molar-refractivity contribution < 1.29 is 4.79 Å². The molecule has 2 rings (SSSR count). The Bertz CT molecular complexity index is 669. The maximum Gasteiger partial charge on any atom is 0.271 e. The molecule has 0 heterocycles. The Labute approximate surface area is 133 Å². The number of amides is 1. The minimum Gasteiger partial charge on any atom is -0.267 e. The number of benzene rings is 2. The van der Waals surface area contributed by atoms with Crippen LogP contribution in [0.1, 0.15) is 29.3 Å². The van der Waals surface area contributed by atoms with Gasteiger partial charge in [-0.05, 0) is 30.7 Å². The van der Waals surface area contributed by atoms with Crippen molar-refractivity contribution in [2.45, 2.75) is 13.3 Å². The van der Waals surface area contributed by atoms with Gasteiger partial charge in [-0.3, -0.25) is 4.79 Å². The highest BCUT2D eigenvalue weighted by Crippen LogP contribution is 2.22. The van der Waals surface area contributed by atoms with Crippen molar-refractivity contribution in [3.05, 3.63) is 69.7 Å². The molecule has 5 heteroatoms. The van der Waals surface area contributed by atoms with Crippen molar-refractivity contribution in [1.82, 2.24) is 5.43 Å². The lowest BCUT2D eigenvalue weighted by Gasteiger charge is -2.07. The van der Waals surface area contributed by atoms with Gasteiger partial charge in [0.2, 0.25) is 0 Å². The minimum absolute atomic E-state index is 0.258. The van der Waals surface area contributed by atoms with E-state index in [0.29, 0.717) is 27.7 Å². The summed E-state index contributed by atoms with van der Waals surface area (Å²) >= 11 is 12.0. The summed E-state index contributed by atoms with van der Waals surface area (Å²) in [4.78, 5) is 12.0. The standard InChI is InChI=1S/C16H14Cl2N2O/c1-2-15(13-9-8-12(17)10-14(13)18)19-20-16(21)11-6-4-3-5-7-11/h3-10H,2H2,1H3,(H,20,21). The fraction of sp³-hybridized carbons (Fsp3) is 0.125. The van der Waals surface area contributed by atoms with Crippen LogP contribution in [0, 0.1) is 0 Å². The number of hydrazone groups is 1. The van der Waals surface area contributed by atoms with E-state index in [4.69, 9.17) is 23.2 Å². The monoisotopic (exact) mass is 320 g/mol. The summed E-state index contributed by atoms with van der Waals surface area (Å²) in [5.41, 5.74) is 4.56. The van der Waals surface area contributed by atoms with Crippen LogP contribution in [0.5, 0.6) is 0 Å². The molecule has 0 bridgehead atoms. The Morgan fingerprint density at radius 3 is 2.48 bits per heavy atom. The van der Waals surface area contributed by atoms with E-state index in [-0.39, 0.29) is 5.91 Å². The van der Waals surface area contributed by atoms with Gasteiger partial charge in [0.15, 0.2) is 0 Å². The fourth-order valence-corrected chi connectivity index (χ4v) is 2.34. The van der Waals surface area contributed by atoms with Gasteiger partial charge in [0.1, 0.15) is 0 Å². The van der Waals surface area contributed by atoms with Crippen LogP contribution >= 0.6 is 23.2 Å². The molecule has 1 N–H and O–H groups in total. The van der Waals surface area contributed by atoms with E-state index in [1.54, 1.807) is 42.5 Å². The average Bonchev–Trinajstić information content (AvgIpc) is 2.50. The number of nitrogens with one attached hydrogen (secondary N) is 1. The number of halogens is 2. The third kappa shape index (κ3) is 4.06. The van der Waals surface area contributed by atoms with E-state index >= 15 is 0 Å². The van der Waals surface area contributed by atoms with Gasteiger partial charge in [0.25, 0.3) is 5.91 Å². The van der Waals surface area contributed by atoms with Crippen LogP contribution in [0.4, 0.5) is 0 Å². The van der Waals surface area contributed by atoms with Crippen LogP contribution in [-0.4, -0.2) is 11.6 Å². The zero-order chi connectivity index (χ0) is 15.2. The maximum atomic E-state index is 12.0. The second-order valence-electron chi connectivity index (χ2n) is 4.34. The first-order chi connectivity index (χ1) is 10.1. The van der Waals surface area contributed by atoms with E-state index in [9.17, 15) is 4.79 Å². The quantitative estimate of drug-likeness (QED) is 0.652. The first kappa shape index (κ1) is 15.5. The number of rotatable bonds is 4. The van der Waals surface area contributed by atoms with Crippen LogP contribution < -0.4 is 5.43 Å². The van der Waals surface area contributed by atoms with Gasteiger partial charge in [-0.2, -0.15) is 5.10 Å². The van der Waals surface area contributed by atoms with Crippen LogP contribution in [0.25, 0.3) is 0 Å². The lowest BCUT2D eigenvalue weighted by molar-refractivity contribution is 0.0955. The Morgan fingerprint density at radius 1 is 1.14 bits per heavy atom. The van der Waals surface area contributed by atoms with Gasteiger partial charge in [0.05, 0.1) is 10.7 Å².